The minimum absolute atomic E-state index is 0.422. The van der Waals surface area contributed by atoms with E-state index >= 15 is 0 Å². The van der Waals surface area contributed by atoms with Crippen LogP contribution in [0.25, 0.3) is 22.3 Å². The van der Waals surface area contributed by atoms with Crippen LogP contribution in [0.1, 0.15) is 5.56 Å². The van der Waals surface area contributed by atoms with E-state index < -0.39 is 0 Å². The Labute approximate surface area is 127 Å². The maximum atomic E-state index is 6.16. The summed E-state index contributed by atoms with van der Waals surface area (Å²) in [7, 11) is 1.61. The quantitative estimate of drug-likeness (QED) is 0.781. The van der Waals surface area contributed by atoms with Crippen LogP contribution in [0.2, 0.25) is 5.02 Å². The van der Waals surface area contributed by atoms with Crippen molar-refractivity contribution in [3.63, 3.8) is 0 Å². The van der Waals surface area contributed by atoms with Gasteiger partial charge in [0.05, 0.1) is 12.6 Å². The number of hydrogen-bond acceptors (Lipinski definition) is 4. The normalized spacial score (nSPS) is 10.8. The lowest BCUT2D eigenvalue weighted by Crippen LogP contribution is -1.98. The predicted molar refractivity (Wildman–Crippen MR) is 85.7 cm³/mol. The van der Waals surface area contributed by atoms with Crippen LogP contribution in [0.5, 0.6) is 5.75 Å². The van der Waals surface area contributed by atoms with Gasteiger partial charge in [0.25, 0.3) is 0 Å². The number of nitrogens with two attached hydrogens (primary N) is 1. The number of anilines is 1. The molecule has 0 aliphatic heterocycles. The second-order valence-electron chi connectivity index (χ2n) is 4.78. The third-order valence-electron chi connectivity index (χ3n) is 3.36. The van der Waals surface area contributed by atoms with E-state index in [0.717, 1.165) is 27.8 Å². The molecule has 0 aliphatic rings. The van der Waals surface area contributed by atoms with Crippen LogP contribution >= 0.6 is 11.6 Å². The number of aryl methyl sites for hydroxylation is 1. The molecule has 0 fully saturated rings. The predicted octanol–water partition coefficient (Wildman–Crippen LogP) is 3.85. The number of rotatable bonds is 2. The molecule has 4 nitrogen and oxygen atoms in total. The number of aromatic nitrogens is 2. The number of nitrogens with zero attached hydrogens (tertiary/aromatic N) is 2. The molecule has 3 rings (SSSR count). The van der Waals surface area contributed by atoms with Crippen LogP contribution in [-0.4, -0.2) is 17.1 Å². The van der Waals surface area contributed by atoms with E-state index in [4.69, 9.17) is 22.1 Å². The molecule has 0 amide bonds. The number of halogens is 1. The van der Waals surface area contributed by atoms with Crippen molar-refractivity contribution in [2.24, 2.45) is 0 Å². The van der Waals surface area contributed by atoms with Crippen molar-refractivity contribution in [1.29, 1.82) is 0 Å². The van der Waals surface area contributed by atoms with Crippen LogP contribution in [0.15, 0.2) is 36.4 Å². The van der Waals surface area contributed by atoms with Crippen molar-refractivity contribution in [3.05, 3.63) is 47.0 Å². The Morgan fingerprint density at radius 3 is 2.62 bits per heavy atom. The van der Waals surface area contributed by atoms with E-state index in [1.807, 2.05) is 43.3 Å². The van der Waals surface area contributed by atoms with Gasteiger partial charge in [-0.05, 0) is 36.8 Å². The van der Waals surface area contributed by atoms with Gasteiger partial charge in [-0.3, -0.25) is 0 Å². The second-order valence-corrected chi connectivity index (χ2v) is 5.19. The maximum absolute atomic E-state index is 6.16. The lowest BCUT2D eigenvalue weighted by molar-refractivity contribution is 0.415. The summed E-state index contributed by atoms with van der Waals surface area (Å²) in [6.07, 6.45) is 0. The van der Waals surface area contributed by atoms with E-state index in [2.05, 4.69) is 9.97 Å². The Bertz CT molecular complexity index is 833. The zero-order valence-corrected chi connectivity index (χ0v) is 12.5. The summed E-state index contributed by atoms with van der Waals surface area (Å²) in [5, 5.41) is 1.46. The Hall–Kier alpha value is -2.33. The SMILES string of the molecule is COc1ccc2nc(-c3ccc(C)c(Cl)c3)nc(N)c2c1. The van der Waals surface area contributed by atoms with Crippen LogP contribution in [0.4, 0.5) is 5.82 Å². The maximum Gasteiger partial charge on any atom is 0.162 e. The van der Waals surface area contributed by atoms with E-state index in [9.17, 15) is 0 Å². The van der Waals surface area contributed by atoms with Crippen LogP contribution < -0.4 is 10.5 Å². The zero-order valence-electron chi connectivity index (χ0n) is 11.7. The van der Waals surface area contributed by atoms with Crippen LogP contribution in [0, 0.1) is 6.92 Å². The first kappa shape index (κ1) is 13.6. The summed E-state index contributed by atoms with van der Waals surface area (Å²) >= 11 is 6.16. The highest BCUT2D eigenvalue weighted by molar-refractivity contribution is 6.31. The standard InChI is InChI=1S/C16H14ClN3O/c1-9-3-4-10(7-13(9)17)16-19-14-6-5-11(21-2)8-12(14)15(18)20-16/h3-8H,1-2H3,(H2,18,19,20). The summed E-state index contributed by atoms with van der Waals surface area (Å²) in [4.78, 5) is 8.92. The van der Waals surface area contributed by atoms with Crippen molar-refractivity contribution in [2.45, 2.75) is 6.92 Å². The molecule has 2 aromatic carbocycles. The molecule has 0 radical (unpaired) electrons. The summed E-state index contributed by atoms with van der Waals surface area (Å²) in [6, 6.07) is 11.3. The van der Waals surface area contributed by atoms with Gasteiger partial charge < -0.3 is 10.5 Å². The molecule has 0 unspecified atom stereocenters. The van der Waals surface area contributed by atoms with Crippen molar-refractivity contribution >= 4 is 28.3 Å². The number of hydrogen-bond donors (Lipinski definition) is 1. The first-order valence-electron chi connectivity index (χ1n) is 6.46. The number of benzene rings is 2. The van der Waals surface area contributed by atoms with Crippen molar-refractivity contribution in [1.82, 2.24) is 9.97 Å². The highest BCUT2D eigenvalue weighted by atomic mass is 35.5. The second kappa shape index (κ2) is 5.22. The molecule has 3 aromatic rings. The Kier molecular flexibility index (Phi) is 3.39. The Morgan fingerprint density at radius 2 is 1.90 bits per heavy atom. The Morgan fingerprint density at radius 1 is 1.10 bits per heavy atom. The lowest BCUT2D eigenvalue weighted by Gasteiger charge is -2.08. The fourth-order valence-corrected chi connectivity index (χ4v) is 2.30. The molecule has 0 spiro atoms. The molecular weight excluding hydrogens is 286 g/mol. The molecule has 1 aromatic heterocycles. The molecule has 106 valence electrons. The summed E-state index contributed by atoms with van der Waals surface area (Å²) in [6.45, 7) is 1.95. The number of methoxy groups -OCH3 is 1. The first-order chi connectivity index (χ1) is 10.1. The van der Waals surface area contributed by atoms with Gasteiger partial charge in [-0.2, -0.15) is 0 Å². The fraction of sp³-hybridized carbons (Fsp3) is 0.125. The van der Waals surface area contributed by atoms with Gasteiger partial charge in [-0.1, -0.05) is 23.7 Å². The molecule has 21 heavy (non-hydrogen) atoms. The van der Waals surface area contributed by atoms with Gasteiger partial charge in [-0.25, -0.2) is 9.97 Å². The van der Waals surface area contributed by atoms with Crippen molar-refractivity contribution in [3.8, 4) is 17.1 Å². The topological polar surface area (TPSA) is 61.0 Å². The molecule has 0 atom stereocenters. The average molecular weight is 300 g/mol. The van der Waals surface area contributed by atoms with Crippen molar-refractivity contribution in [2.75, 3.05) is 12.8 Å². The number of nitrogen functional groups attached to an aromatic ring is 1. The number of ether oxygens (including phenoxy) is 1. The van der Waals surface area contributed by atoms with Gasteiger partial charge >= 0.3 is 0 Å². The zero-order chi connectivity index (χ0) is 15.0. The fourth-order valence-electron chi connectivity index (χ4n) is 2.12. The highest BCUT2D eigenvalue weighted by Crippen LogP contribution is 2.28. The average Bonchev–Trinajstić information content (AvgIpc) is 2.49. The van der Waals surface area contributed by atoms with Crippen LogP contribution in [0.3, 0.4) is 0 Å². The van der Waals surface area contributed by atoms with E-state index in [0.29, 0.717) is 16.7 Å². The largest absolute Gasteiger partial charge is 0.497 e. The van der Waals surface area contributed by atoms with E-state index in [-0.39, 0.29) is 0 Å². The summed E-state index contributed by atoms with van der Waals surface area (Å²) < 4.78 is 5.19. The monoisotopic (exact) mass is 299 g/mol. The molecule has 0 aliphatic carbocycles. The van der Waals surface area contributed by atoms with Gasteiger partial charge in [0.15, 0.2) is 5.82 Å². The minimum atomic E-state index is 0.422. The molecule has 1 heterocycles. The van der Waals surface area contributed by atoms with Gasteiger partial charge in [-0.15, -0.1) is 0 Å². The molecule has 0 bridgehead atoms. The Balaban J connectivity index is 2.18. The minimum Gasteiger partial charge on any atom is -0.497 e. The first-order valence-corrected chi connectivity index (χ1v) is 6.84. The molecule has 0 saturated carbocycles. The molecule has 5 heteroatoms. The molecule has 2 N–H and O–H groups in total. The van der Waals surface area contributed by atoms with Gasteiger partial charge in [0, 0.05) is 16.0 Å². The van der Waals surface area contributed by atoms with Gasteiger partial charge in [0.1, 0.15) is 11.6 Å². The van der Waals surface area contributed by atoms with E-state index in [1.165, 1.54) is 0 Å². The van der Waals surface area contributed by atoms with Gasteiger partial charge in [0.2, 0.25) is 0 Å². The van der Waals surface area contributed by atoms with E-state index in [1.54, 1.807) is 7.11 Å². The van der Waals surface area contributed by atoms with Crippen molar-refractivity contribution < 1.29 is 4.74 Å². The highest BCUT2D eigenvalue weighted by Gasteiger charge is 2.09. The third-order valence-corrected chi connectivity index (χ3v) is 3.77. The number of fused-ring (bicyclic) bond motifs is 1. The van der Waals surface area contributed by atoms with Crippen LogP contribution in [-0.2, 0) is 0 Å². The lowest BCUT2D eigenvalue weighted by atomic mass is 10.1. The smallest absolute Gasteiger partial charge is 0.162 e. The third kappa shape index (κ3) is 2.50. The molecule has 0 saturated heterocycles. The summed E-state index contributed by atoms with van der Waals surface area (Å²) in [5.41, 5.74) is 8.67. The molecular formula is C16H14ClN3O. The summed E-state index contributed by atoms with van der Waals surface area (Å²) in [5.74, 6) is 1.71.